The van der Waals surface area contributed by atoms with E-state index in [4.69, 9.17) is 10.3 Å². The molecule has 7 nitrogen and oxygen atoms in total. The molecule has 0 saturated carbocycles. The van der Waals surface area contributed by atoms with Gasteiger partial charge in [0.15, 0.2) is 5.69 Å². The molecular weight excluding hydrogens is 232 g/mol. The van der Waals surface area contributed by atoms with Crippen molar-refractivity contribution in [1.82, 2.24) is 25.6 Å². The zero-order valence-electron chi connectivity index (χ0n) is 9.58. The van der Waals surface area contributed by atoms with Crippen molar-refractivity contribution < 1.29 is 4.52 Å². The number of aryl methyl sites for hydroxylation is 1. The Morgan fingerprint density at radius 2 is 2.22 bits per heavy atom. The third kappa shape index (κ3) is 1.71. The number of hydrogen-bond donors (Lipinski definition) is 2. The predicted octanol–water partition coefficient (Wildman–Crippen LogP) is 1.41. The van der Waals surface area contributed by atoms with E-state index in [1.807, 2.05) is 19.1 Å². The van der Waals surface area contributed by atoms with Crippen molar-refractivity contribution in [3.8, 4) is 23.0 Å². The van der Waals surface area contributed by atoms with E-state index in [2.05, 4.69) is 25.6 Å². The monoisotopic (exact) mass is 242 g/mol. The summed E-state index contributed by atoms with van der Waals surface area (Å²) in [6.07, 6.45) is 1.53. The van der Waals surface area contributed by atoms with Gasteiger partial charge in [0.1, 0.15) is 0 Å². The van der Waals surface area contributed by atoms with Gasteiger partial charge >= 0.3 is 0 Å². The summed E-state index contributed by atoms with van der Waals surface area (Å²) < 4.78 is 5.21. The molecule has 0 aliphatic heterocycles. The summed E-state index contributed by atoms with van der Waals surface area (Å²) in [5.41, 5.74) is 8.77. The molecule has 2 aromatic heterocycles. The topological polar surface area (TPSA) is 107 Å². The number of nitrogen functional groups attached to an aromatic ring is 1. The van der Waals surface area contributed by atoms with Gasteiger partial charge in [0.2, 0.25) is 5.82 Å². The number of H-pyrrole nitrogens is 1. The summed E-state index contributed by atoms with van der Waals surface area (Å²) in [6.45, 7) is 1.94. The second-order valence-corrected chi connectivity index (χ2v) is 3.85. The first-order valence-corrected chi connectivity index (χ1v) is 5.30. The Balaban J connectivity index is 2.03. The molecule has 0 saturated heterocycles. The maximum atomic E-state index is 5.70. The van der Waals surface area contributed by atoms with E-state index in [9.17, 15) is 0 Å². The average Bonchev–Trinajstić information content (AvgIpc) is 2.99. The van der Waals surface area contributed by atoms with Crippen molar-refractivity contribution >= 4 is 5.69 Å². The van der Waals surface area contributed by atoms with Crippen LogP contribution in [0.1, 0.15) is 5.56 Å². The standard InChI is InChI=1S/C11H10N6O/c1-6-4-7(12)2-3-8(6)11-14-10(16-18-11)9-5-13-17-15-9/h2-5H,12H2,1H3,(H,13,15,17). The van der Waals surface area contributed by atoms with Crippen LogP contribution in [0.3, 0.4) is 0 Å². The summed E-state index contributed by atoms with van der Waals surface area (Å²) in [5, 5.41) is 13.9. The zero-order chi connectivity index (χ0) is 12.5. The highest BCUT2D eigenvalue weighted by Gasteiger charge is 2.13. The van der Waals surface area contributed by atoms with E-state index in [1.165, 1.54) is 6.20 Å². The molecule has 3 N–H and O–H groups in total. The number of rotatable bonds is 2. The van der Waals surface area contributed by atoms with E-state index in [0.29, 0.717) is 23.1 Å². The molecule has 90 valence electrons. The molecule has 1 aromatic carbocycles. The number of nitrogens with zero attached hydrogens (tertiary/aromatic N) is 4. The highest BCUT2D eigenvalue weighted by Crippen LogP contribution is 2.25. The highest BCUT2D eigenvalue weighted by atomic mass is 16.5. The number of anilines is 1. The van der Waals surface area contributed by atoms with Crippen LogP contribution in [0, 0.1) is 6.92 Å². The lowest BCUT2D eigenvalue weighted by molar-refractivity contribution is 0.432. The quantitative estimate of drug-likeness (QED) is 0.658. The van der Waals surface area contributed by atoms with Crippen LogP contribution in [-0.2, 0) is 0 Å². The van der Waals surface area contributed by atoms with Gasteiger partial charge in [-0.3, -0.25) is 0 Å². The fourth-order valence-electron chi connectivity index (χ4n) is 1.67. The first-order chi connectivity index (χ1) is 8.74. The molecule has 0 amide bonds. The lowest BCUT2D eigenvalue weighted by atomic mass is 10.1. The Kier molecular flexibility index (Phi) is 2.30. The largest absolute Gasteiger partial charge is 0.399 e. The van der Waals surface area contributed by atoms with Crippen molar-refractivity contribution in [2.45, 2.75) is 6.92 Å². The molecule has 7 heteroatoms. The number of nitrogens with one attached hydrogen (secondary N) is 1. The molecular formula is C11H10N6O. The Hall–Kier alpha value is -2.70. The highest BCUT2D eigenvalue weighted by molar-refractivity contribution is 5.63. The van der Waals surface area contributed by atoms with Crippen LogP contribution in [0.5, 0.6) is 0 Å². The van der Waals surface area contributed by atoms with Gasteiger partial charge in [-0.05, 0) is 30.7 Å². The fraction of sp³-hybridized carbons (Fsp3) is 0.0909. The number of benzene rings is 1. The van der Waals surface area contributed by atoms with E-state index < -0.39 is 0 Å². The minimum absolute atomic E-state index is 0.398. The van der Waals surface area contributed by atoms with Crippen molar-refractivity contribution in [2.75, 3.05) is 5.73 Å². The summed E-state index contributed by atoms with van der Waals surface area (Å²) in [4.78, 5) is 4.27. The normalized spacial score (nSPS) is 10.7. The maximum Gasteiger partial charge on any atom is 0.258 e. The van der Waals surface area contributed by atoms with E-state index in [-0.39, 0.29) is 0 Å². The first kappa shape index (κ1) is 10.5. The molecule has 0 bridgehead atoms. The van der Waals surface area contributed by atoms with Crippen molar-refractivity contribution in [3.63, 3.8) is 0 Å². The van der Waals surface area contributed by atoms with E-state index >= 15 is 0 Å². The Labute approximate surface area is 102 Å². The van der Waals surface area contributed by atoms with Gasteiger partial charge in [0.25, 0.3) is 5.89 Å². The summed E-state index contributed by atoms with van der Waals surface area (Å²) in [7, 11) is 0. The number of aromatic amines is 1. The third-order valence-electron chi connectivity index (χ3n) is 2.55. The molecule has 0 unspecified atom stereocenters. The van der Waals surface area contributed by atoms with Crippen LogP contribution in [0.15, 0.2) is 28.9 Å². The summed E-state index contributed by atoms with van der Waals surface area (Å²) in [5.74, 6) is 0.834. The van der Waals surface area contributed by atoms with Crippen LogP contribution >= 0.6 is 0 Å². The van der Waals surface area contributed by atoms with Crippen LogP contribution < -0.4 is 5.73 Å². The lowest BCUT2D eigenvalue weighted by Gasteiger charge is -2.00. The van der Waals surface area contributed by atoms with E-state index in [1.54, 1.807) is 6.07 Å². The number of hydrogen-bond acceptors (Lipinski definition) is 6. The minimum Gasteiger partial charge on any atom is -0.399 e. The van der Waals surface area contributed by atoms with Gasteiger partial charge in [-0.25, -0.2) is 0 Å². The Morgan fingerprint density at radius 3 is 2.94 bits per heavy atom. The second-order valence-electron chi connectivity index (χ2n) is 3.85. The predicted molar refractivity (Wildman–Crippen MR) is 64.3 cm³/mol. The van der Waals surface area contributed by atoms with Crippen molar-refractivity contribution in [2.24, 2.45) is 0 Å². The molecule has 3 rings (SSSR count). The van der Waals surface area contributed by atoms with Crippen molar-refractivity contribution in [1.29, 1.82) is 0 Å². The zero-order valence-corrected chi connectivity index (χ0v) is 9.58. The van der Waals surface area contributed by atoms with E-state index in [0.717, 1.165) is 11.1 Å². The molecule has 0 fully saturated rings. The van der Waals surface area contributed by atoms with Gasteiger partial charge in [-0.15, -0.1) is 0 Å². The Bertz CT molecular complexity index is 673. The molecule has 0 aliphatic carbocycles. The number of nitrogens with two attached hydrogens (primary N) is 1. The molecule has 0 aliphatic rings. The van der Waals surface area contributed by atoms with Crippen LogP contribution in [0.25, 0.3) is 23.0 Å². The van der Waals surface area contributed by atoms with Crippen molar-refractivity contribution in [3.05, 3.63) is 30.0 Å². The molecule has 18 heavy (non-hydrogen) atoms. The van der Waals surface area contributed by atoms with Gasteiger partial charge in [-0.1, -0.05) is 5.16 Å². The lowest BCUT2D eigenvalue weighted by Crippen LogP contribution is -1.88. The fourth-order valence-corrected chi connectivity index (χ4v) is 1.67. The molecule has 0 spiro atoms. The Morgan fingerprint density at radius 1 is 1.33 bits per heavy atom. The molecule has 3 aromatic rings. The summed E-state index contributed by atoms with van der Waals surface area (Å²) in [6, 6.07) is 5.50. The molecule has 2 heterocycles. The first-order valence-electron chi connectivity index (χ1n) is 5.30. The van der Waals surface area contributed by atoms with Crippen LogP contribution in [0.2, 0.25) is 0 Å². The van der Waals surface area contributed by atoms with Gasteiger partial charge < -0.3 is 10.3 Å². The van der Waals surface area contributed by atoms with Gasteiger partial charge in [0.05, 0.1) is 6.20 Å². The maximum absolute atomic E-state index is 5.70. The van der Waals surface area contributed by atoms with Crippen LogP contribution in [-0.4, -0.2) is 25.6 Å². The van der Waals surface area contributed by atoms with Gasteiger partial charge in [0, 0.05) is 11.3 Å². The third-order valence-corrected chi connectivity index (χ3v) is 2.55. The summed E-state index contributed by atoms with van der Waals surface area (Å²) >= 11 is 0. The SMILES string of the molecule is Cc1cc(N)ccc1-c1nc(-c2cn[nH]n2)no1. The van der Waals surface area contributed by atoms with Crippen LogP contribution in [0.4, 0.5) is 5.69 Å². The second kappa shape index (κ2) is 3.95. The smallest absolute Gasteiger partial charge is 0.258 e. The average molecular weight is 242 g/mol. The molecule has 0 atom stereocenters. The van der Waals surface area contributed by atoms with Gasteiger partial charge in [-0.2, -0.15) is 20.4 Å². The number of aromatic nitrogens is 5. The molecule has 0 radical (unpaired) electrons. The minimum atomic E-state index is 0.398.